The summed E-state index contributed by atoms with van der Waals surface area (Å²) in [6.45, 7) is 1.70. The molecule has 0 aliphatic heterocycles. The Morgan fingerprint density at radius 1 is 1.50 bits per heavy atom. The van der Waals surface area contributed by atoms with Crippen molar-refractivity contribution in [3.8, 4) is 5.88 Å². The van der Waals surface area contributed by atoms with E-state index in [-0.39, 0.29) is 23.9 Å². The summed E-state index contributed by atoms with van der Waals surface area (Å²) in [7, 11) is 0. The van der Waals surface area contributed by atoms with Crippen molar-refractivity contribution >= 4 is 17.2 Å². The number of nitrogens with zero attached hydrogens (tertiary/aromatic N) is 1. The van der Waals surface area contributed by atoms with E-state index >= 15 is 0 Å². The third-order valence-corrected chi connectivity index (χ3v) is 2.42. The van der Waals surface area contributed by atoms with Crippen LogP contribution in [0.4, 0.5) is 13.2 Å². The molecule has 1 rings (SSSR count). The van der Waals surface area contributed by atoms with Gasteiger partial charge < -0.3 is 10.5 Å². The zero-order valence-electron chi connectivity index (χ0n) is 9.75. The van der Waals surface area contributed by atoms with Gasteiger partial charge in [0.15, 0.2) is 0 Å². The van der Waals surface area contributed by atoms with E-state index in [1.165, 1.54) is 6.20 Å². The molecule has 100 valence electrons. The predicted molar refractivity (Wildman–Crippen MR) is 65.6 cm³/mol. The summed E-state index contributed by atoms with van der Waals surface area (Å²) in [5.74, 6) is 0.185. The van der Waals surface area contributed by atoms with Gasteiger partial charge in [0.25, 0.3) is 0 Å². The Morgan fingerprint density at radius 3 is 2.72 bits per heavy atom. The molecule has 1 heterocycles. The lowest BCUT2D eigenvalue weighted by atomic mass is 10.1. The Hall–Kier alpha value is -1.37. The molecule has 1 aromatic rings. The third-order valence-electron chi connectivity index (χ3n) is 2.21. The molecule has 0 unspecified atom stereocenters. The second-order valence-electron chi connectivity index (χ2n) is 3.74. The Bertz CT molecular complexity index is 435. The third kappa shape index (κ3) is 4.48. The Labute approximate surface area is 108 Å². The van der Waals surface area contributed by atoms with Crippen LogP contribution in [0.25, 0.3) is 0 Å². The molecular weight excluding hydrogens is 265 g/mol. The second-order valence-corrected chi connectivity index (χ2v) is 4.18. The SMILES string of the molecule is Cc1ccnc(OCCCC(F)(F)F)c1C(N)=S. The maximum atomic E-state index is 11.9. The maximum absolute atomic E-state index is 11.9. The van der Waals surface area contributed by atoms with Crippen LogP contribution < -0.4 is 10.5 Å². The van der Waals surface area contributed by atoms with E-state index in [0.29, 0.717) is 5.56 Å². The van der Waals surface area contributed by atoms with E-state index in [4.69, 9.17) is 22.7 Å². The largest absolute Gasteiger partial charge is 0.477 e. The van der Waals surface area contributed by atoms with Gasteiger partial charge in [0.05, 0.1) is 12.2 Å². The van der Waals surface area contributed by atoms with Crippen LogP contribution in [0.2, 0.25) is 0 Å². The molecule has 0 saturated heterocycles. The van der Waals surface area contributed by atoms with Crippen molar-refractivity contribution in [3.05, 3.63) is 23.4 Å². The van der Waals surface area contributed by atoms with Crippen LogP contribution in [0.1, 0.15) is 24.0 Å². The lowest BCUT2D eigenvalue weighted by Crippen LogP contribution is -2.16. The lowest BCUT2D eigenvalue weighted by molar-refractivity contribution is -0.136. The highest BCUT2D eigenvalue weighted by atomic mass is 32.1. The summed E-state index contributed by atoms with van der Waals surface area (Å²) in [5, 5.41) is 0. The second kappa shape index (κ2) is 5.99. The number of hydrogen-bond donors (Lipinski definition) is 1. The van der Waals surface area contributed by atoms with Gasteiger partial charge in [-0.15, -0.1) is 0 Å². The van der Waals surface area contributed by atoms with E-state index in [1.54, 1.807) is 13.0 Å². The molecule has 0 atom stereocenters. The smallest absolute Gasteiger partial charge is 0.389 e. The fourth-order valence-corrected chi connectivity index (χ4v) is 1.63. The van der Waals surface area contributed by atoms with Crippen LogP contribution in [0, 0.1) is 6.92 Å². The molecule has 0 bridgehead atoms. The first-order chi connectivity index (χ1) is 8.31. The van der Waals surface area contributed by atoms with E-state index < -0.39 is 12.6 Å². The zero-order chi connectivity index (χ0) is 13.8. The van der Waals surface area contributed by atoms with Crippen LogP contribution in [-0.2, 0) is 0 Å². The number of ether oxygens (including phenoxy) is 1. The Morgan fingerprint density at radius 2 is 2.17 bits per heavy atom. The summed E-state index contributed by atoms with van der Waals surface area (Å²) in [6.07, 6.45) is -3.69. The van der Waals surface area contributed by atoms with Gasteiger partial charge >= 0.3 is 6.18 Å². The number of halogens is 3. The molecular formula is C11H13F3N2OS. The maximum Gasteiger partial charge on any atom is 0.389 e. The van der Waals surface area contributed by atoms with Crippen molar-refractivity contribution in [1.82, 2.24) is 4.98 Å². The van der Waals surface area contributed by atoms with Gasteiger partial charge in [-0.2, -0.15) is 13.2 Å². The Balaban J connectivity index is 2.63. The molecule has 2 N–H and O–H groups in total. The summed E-state index contributed by atoms with van der Waals surface area (Å²) >= 11 is 4.85. The standard InChI is InChI=1S/C11H13F3N2OS/c1-7-3-5-16-10(8(7)9(15)18)17-6-2-4-11(12,13)14/h3,5H,2,4,6H2,1H3,(H2,15,18). The molecule has 0 fully saturated rings. The number of hydrogen-bond acceptors (Lipinski definition) is 3. The number of pyridine rings is 1. The number of thiocarbonyl (C=S) groups is 1. The zero-order valence-corrected chi connectivity index (χ0v) is 10.6. The molecule has 0 radical (unpaired) electrons. The first kappa shape index (κ1) is 14.7. The van der Waals surface area contributed by atoms with Crippen molar-refractivity contribution in [3.63, 3.8) is 0 Å². The normalized spacial score (nSPS) is 11.3. The minimum atomic E-state index is -4.17. The van der Waals surface area contributed by atoms with Gasteiger partial charge in [0.2, 0.25) is 5.88 Å². The van der Waals surface area contributed by atoms with Crippen molar-refractivity contribution in [2.24, 2.45) is 5.73 Å². The average Bonchev–Trinajstić information content (AvgIpc) is 2.22. The molecule has 1 aromatic heterocycles. The number of rotatable bonds is 5. The molecule has 3 nitrogen and oxygen atoms in total. The molecule has 0 aliphatic rings. The number of aryl methyl sites for hydroxylation is 1. The van der Waals surface area contributed by atoms with Crippen molar-refractivity contribution < 1.29 is 17.9 Å². The Kier molecular flexibility index (Phi) is 4.89. The summed E-state index contributed by atoms with van der Waals surface area (Å²) in [4.78, 5) is 4.04. The first-order valence-corrected chi connectivity index (χ1v) is 5.67. The van der Waals surface area contributed by atoms with Gasteiger partial charge in [-0.3, -0.25) is 0 Å². The lowest BCUT2D eigenvalue weighted by Gasteiger charge is -2.12. The van der Waals surface area contributed by atoms with Crippen LogP contribution >= 0.6 is 12.2 Å². The number of nitrogens with two attached hydrogens (primary N) is 1. The minimum absolute atomic E-state index is 0.0778. The predicted octanol–water partition coefficient (Wildman–Crippen LogP) is 2.75. The van der Waals surface area contributed by atoms with Gasteiger partial charge in [0, 0.05) is 12.6 Å². The molecule has 0 spiro atoms. The van der Waals surface area contributed by atoms with Crippen LogP contribution in [0.3, 0.4) is 0 Å². The highest BCUT2D eigenvalue weighted by Crippen LogP contribution is 2.22. The fraction of sp³-hybridized carbons (Fsp3) is 0.455. The number of alkyl halides is 3. The molecule has 18 heavy (non-hydrogen) atoms. The molecule has 0 amide bonds. The fourth-order valence-electron chi connectivity index (χ4n) is 1.38. The van der Waals surface area contributed by atoms with Crippen LogP contribution in [0.5, 0.6) is 5.88 Å². The highest BCUT2D eigenvalue weighted by molar-refractivity contribution is 7.80. The summed E-state index contributed by atoms with van der Waals surface area (Å²) in [6, 6.07) is 1.71. The quantitative estimate of drug-likeness (QED) is 0.664. The summed E-state index contributed by atoms with van der Waals surface area (Å²) < 4.78 is 41.0. The monoisotopic (exact) mass is 278 g/mol. The van der Waals surface area contributed by atoms with Crippen molar-refractivity contribution in [2.75, 3.05) is 6.61 Å². The minimum Gasteiger partial charge on any atom is -0.477 e. The van der Waals surface area contributed by atoms with Gasteiger partial charge in [-0.1, -0.05) is 12.2 Å². The molecule has 0 saturated carbocycles. The number of aromatic nitrogens is 1. The van der Waals surface area contributed by atoms with Gasteiger partial charge in [-0.25, -0.2) is 4.98 Å². The van der Waals surface area contributed by atoms with Crippen LogP contribution in [0.15, 0.2) is 12.3 Å². The van der Waals surface area contributed by atoms with E-state index in [2.05, 4.69) is 4.98 Å². The molecule has 0 aliphatic carbocycles. The van der Waals surface area contributed by atoms with E-state index in [9.17, 15) is 13.2 Å². The van der Waals surface area contributed by atoms with E-state index in [1.807, 2.05) is 0 Å². The highest BCUT2D eigenvalue weighted by Gasteiger charge is 2.26. The average molecular weight is 278 g/mol. The molecule has 7 heteroatoms. The summed E-state index contributed by atoms with van der Waals surface area (Å²) in [5.41, 5.74) is 6.77. The first-order valence-electron chi connectivity index (χ1n) is 5.26. The molecule has 0 aromatic carbocycles. The van der Waals surface area contributed by atoms with Crippen LogP contribution in [-0.4, -0.2) is 22.8 Å². The van der Waals surface area contributed by atoms with Crippen molar-refractivity contribution in [2.45, 2.75) is 25.9 Å². The van der Waals surface area contributed by atoms with Gasteiger partial charge in [0.1, 0.15) is 4.99 Å². The van der Waals surface area contributed by atoms with Gasteiger partial charge in [-0.05, 0) is 25.0 Å². The van der Waals surface area contributed by atoms with E-state index in [0.717, 1.165) is 5.56 Å². The topological polar surface area (TPSA) is 48.1 Å². The van der Waals surface area contributed by atoms with Crippen molar-refractivity contribution in [1.29, 1.82) is 0 Å².